The number of phenolic OH excluding ortho intramolecular Hbond substituents is 2. The van der Waals surface area contributed by atoms with E-state index in [0.717, 1.165) is 36.0 Å². The van der Waals surface area contributed by atoms with Gasteiger partial charge in [0.2, 0.25) is 0 Å². The first-order chi connectivity index (χ1) is 15.9. The van der Waals surface area contributed by atoms with Gasteiger partial charge in [0.25, 0.3) is 0 Å². The number of esters is 1. The van der Waals surface area contributed by atoms with Crippen LogP contribution in [0.1, 0.15) is 84.8 Å². The molecule has 2 atom stereocenters. The molecule has 5 nitrogen and oxygen atoms in total. The number of aryl methyl sites for hydroxylation is 1. The third-order valence-corrected chi connectivity index (χ3v) is 5.81. The number of aromatic hydroxyl groups is 2. The van der Waals surface area contributed by atoms with Gasteiger partial charge in [-0.05, 0) is 84.1 Å². The highest BCUT2D eigenvalue weighted by atomic mass is 16.5. The maximum atomic E-state index is 12.2. The zero-order chi connectivity index (χ0) is 25.8. The van der Waals surface area contributed by atoms with Crippen molar-refractivity contribution in [1.29, 1.82) is 0 Å². The van der Waals surface area contributed by atoms with Crippen molar-refractivity contribution >= 4 is 11.8 Å². The third-order valence-electron chi connectivity index (χ3n) is 5.81. The van der Waals surface area contributed by atoms with Crippen molar-refractivity contribution in [3.8, 4) is 11.5 Å². The third kappa shape index (κ3) is 11.4. The summed E-state index contributed by atoms with van der Waals surface area (Å²) in [6.45, 7) is 13.1. The summed E-state index contributed by atoms with van der Waals surface area (Å²) in [6.07, 6.45) is 9.69. The molecule has 0 spiro atoms. The Morgan fingerprint density at radius 1 is 1.03 bits per heavy atom. The van der Waals surface area contributed by atoms with Gasteiger partial charge >= 0.3 is 5.97 Å². The molecule has 1 rings (SSSR count). The predicted octanol–water partition coefficient (Wildman–Crippen LogP) is 6.89. The molecule has 0 aliphatic rings. The summed E-state index contributed by atoms with van der Waals surface area (Å²) in [5.41, 5.74) is 4.60. The average Bonchev–Trinajstić information content (AvgIpc) is 2.72. The van der Waals surface area contributed by atoms with E-state index < -0.39 is 0 Å². The minimum Gasteiger partial charge on any atom is -0.508 e. The van der Waals surface area contributed by atoms with Gasteiger partial charge in [0.05, 0.1) is 0 Å². The summed E-state index contributed by atoms with van der Waals surface area (Å²) < 4.78 is 5.52. The lowest BCUT2D eigenvalue weighted by atomic mass is 9.95. The fraction of sp³-hybridized carbons (Fsp3) is 0.517. The Kier molecular flexibility index (Phi) is 12.4. The molecule has 0 amide bonds. The van der Waals surface area contributed by atoms with Crippen LogP contribution in [0.25, 0.3) is 0 Å². The van der Waals surface area contributed by atoms with E-state index in [0.29, 0.717) is 30.4 Å². The van der Waals surface area contributed by atoms with E-state index in [2.05, 4.69) is 0 Å². The lowest BCUT2D eigenvalue weighted by Gasteiger charge is -2.16. The van der Waals surface area contributed by atoms with Crippen molar-refractivity contribution in [3.63, 3.8) is 0 Å². The number of benzene rings is 1. The van der Waals surface area contributed by atoms with Crippen molar-refractivity contribution in [2.75, 3.05) is 0 Å². The number of phenols is 2. The van der Waals surface area contributed by atoms with Crippen LogP contribution in [0.15, 0.2) is 47.1 Å². The first-order valence-electron chi connectivity index (χ1n) is 12.1. The summed E-state index contributed by atoms with van der Waals surface area (Å²) in [5.74, 6) is 0.287. The van der Waals surface area contributed by atoms with E-state index in [1.54, 1.807) is 13.0 Å². The van der Waals surface area contributed by atoms with Crippen LogP contribution < -0.4 is 0 Å². The first-order valence-corrected chi connectivity index (χ1v) is 12.1. The Balaban J connectivity index is 2.72. The number of hydrogen-bond donors (Lipinski definition) is 2. The second-order valence-electron chi connectivity index (χ2n) is 9.64. The molecule has 0 radical (unpaired) electrons. The number of ketones is 1. The highest BCUT2D eigenvalue weighted by molar-refractivity contribution is 5.82. The SMILES string of the molecule is CC(=O)OC(C=C(C)CCCC(C)C(=O)CC=C(C)C)CC(C)=CCc1cc(O)cc(C)c1O. The van der Waals surface area contributed by atoms with E-state index >= 15 is 0 Å². The van der Waals surface area contributed by atoms with Crippen molar-refractivity contribution in [2.45, 2.75) is 93.1 Å². The number of Topliss-reactive ketones (excluding diaryl/α,β-unsaturated/α-hetero) is 1. The van der Waals surface area contributed by atoms with Crippen LogP contribution >= 0.6 is 0 Å². The van der Waals surface area contributed by atoms with E-state index in [1.165, 1.54) is 13.0 Å². The summed E-state index contributed by atoms with van der Waals surface area (Å²) in [7, 11) is 0. The molecule has 0 saturated carbocycles. The van der Waals surface area contributed by atoms with Crippen molar-refractivity contribution < 1.29 is 24.5 Å². The number of hydrogen-bond acceptors (Lipinski definition) is 5. The van der Waals surface area contributed by atoms with Gasteiger partial charge in [-0.25, -0.2) is 0 Å². The minimum atomic E-state index is -0.370. The van der Waals surface area contributed by atoms with Crippen LogP contribution in [0.4, 0.5) is 0 Å². The van der Waals surface area contributed by atoms with Gasteiger partial charge < -0.3 is 14.9 Å². The van der Waals surface area contributed by atoms with Crippen LogP contribution in [-0.2, 0) is 20.7 Å². The molecule has 188 valence electrons. The molecule has 0 fully saturated rings. The largest absolute Gasteiger partial charge is 0.508 e. The molecule has 1 aromatic carbocycles. The van der Waals surface area contributed by atoms with Crippen molar-refractivity contribution in [2.24, 2.45) is 5.92 Å². The Bertz CT molecular complexity index is 932. The van der Waals surface area contributed by atoms with Gasteiger partial charge in [0.1, 0.15) is 23.4 Å². The lowest BCUT2D eigenvalue weighted by molar-refractivity contribution is -0.144. The molecule has 2 N–H and O–H groups in total. The number of allylic oxidation sites excluding steroid dienone is 4. The standard InChI is InChI=1S/C29H42O5/c1-19(2)11-14-28(32)22(5)10-8-9-20(3)15-27(34-24(7)30)16-21(4)12-13-25-18-26(31)17-23(6)29(25)33/h11-12,15,17-18,22,27,31,33H,8-10,13-14,16H2,1-7H3. The molecule has 0 aliphatic carbocycles. The summed E-state index contributed by atoms with van der Waals surface area (Å²) in [4.78, 5) is 23.8. The molecule has 5 heteroatoms. The van der Waals surface area contributed by atoms with E-state index in [1.807, 2.05) is 52.8 Å². The second-order valence-corrected chi connectivity index (χ2v) is 9.64. The normalized spacial score (nSPS) is 13.9. The number of carbonyl (C=O) groups is 2. The fourth-order valence-corrected chi connectivity index (χ4v) is 3.77. The topological polar surface area (TPSA) is 83.8 Å². The Morgan fingerprint density at radius 3 is 2.32 bits per heavy atom. The molecule has 2 unspecified atom stereocenters. The second kappa shape index (κ2) is 14.4. The summed E-state index contributed by atoms with van der Waals surface area (Å²) in [6, 6.07) is 3.09. The Morgan fingerprint density at radius 2 is 1.71 bits per heavy atom. The minimum absolute atomic E-state index is 0.0373. The van der Waals surface area contributed by atoms with Gasteiger partial charge in [-0.1, -0.05) is 35.8 Å². The maximum Gasteiger partial charge on any atom is 0.303 e. The van der Waals surface area contributed by atoms with Crippen LogP contribution in [0.2, 0.25) is 0 Å². The summed E-state index contributed by atoms with van der Waals surface area (Å²) >= 11 is 0. The van der Waals surface area contributed by atoms with E-state index in [4.69, 9.17) is 4.74 Å². The average molecular weight is 471 g/mol. The van der Waals surface area contributed by atoms with Gasteiger partial charge in [-0.15, -0.1) is 0 Å². The first kappa shape index (κ1) is 29.2. The lowest BCUT2D eigenvalue weighted by Crippen LogP contribution is -2.15. The highest BCUT2D eigenvalue weighted by Crippen LogP contribution is 2.28. The van der Waals surface area contributed by atoms with Gasteiger partial charge in [0.15, 0.2) is 0 Å². The quantitative estimate of drug-likeness (QED) is 0.186. The fourth-order valence-electron chi connectivity index (χ4n) is 3.77. The summed E-state index contributed by atoms with van der Waals surface area (Å²) in [5, 5.41) is 20.0. The zero-order valence-electron chi connectivity index (χ0n) is 21.9. The Labute approximate surface area is 205 Å². The predicted molar refractivity (Wildman–Crippen MR) is 138 cm³/mol. The van der Waals surface area contributed by atoms with Crippen molar-refractivity contribution in [3.05, 3.63) is 58.2 Å². The molecule has 0 bridgehead atoms. The molecule has 0 heterocycles. The Hall–Kier alpha value is -2.82. The maximum absolute atomic E-state index is 12.2. The van der Waals surface area contributed by atoms with Crippen LogP contribution in [0, 0.1) is 12.8 Å². The van der Waals surface area contributed by atoms with E-state index in [9.17, 15) is 19.8 Å². The van der Waals surface area contributed by atoms with Gasteiger partial charge in [-0.3, -0.25) is 9.59 Å². The molecular weight excluding hydrogens is 428 g/mol. The number of rotatable bonds is 13. The van der Waals surface area contributed by atoms with Crippen molar-refractivity contribution in [1.82, 2.24) is 0 Å². The molecule has 0 aliphatic heterocycles. The molecule has 1 aromatic rings. The monoisotopic (exact) mass is 470 g/mol. The zero-order valence-corrected chi connectivity index (χ0v) is 21.9. The molecular formula is C29H42O5. The highest BCUT2D eigenvalue weighted by Gasteiger charge is 2.14. The van der Waals surface area contributed by atoms with Gasteiger partial charge in [-0.2, -0.15) is 0 Å². The molecule has 34 heavy (non-hydrogen) atoms. The van der Waals surface area contributed by atoms with Crippen LogP contribution in [0.3, 0.4) is 0 Å². The van der Waals surface area contributed by atoms with Crippen LogP contribution in [-0.4, -0.2) is 28.1 Å². The van der Waals surface area contributed by atoms with E-state index in [-0.39, 0.29) is 35.3 Å². The number of ether oxygens (including phenoxy) is 1. The van der Waals surface area contributed by atoms with Crippen LogP contribution in [0.5, 0.6) is 11.5 Å². The molecule has 0 aromatic heterocycles. The van der Waals surface area contributed by atoms with Gasteiger partial charge in [0, 0.05) is 31.2 Å². The molecule has 0 saturated heterocycles. The number of carbonyl (C=O) groups excluding carboxylic acids is 2. The smallest absolute Gasteiger partial charge is 0.303 e.